The average molecular weight is 244 g/mol. The zero-order valence-electron chi connectivity index (χ0n) is 10.6. The number of benzene rings is 1. The quantitative estimate of drug-likeness (QED) is 0.888. The summed E-state index contributed by atoms with van der Waals surface area (Å²) < 4.78 is 13.1. The van der Waals surface area contributed by atoms with E-state index in [9.17, 15) is 4.39 Å². The third-order valence-corrected chi connectivity index (χ3v) is 2.98. The van der Waals surface area contributed by atoms with Gasteiger partial charge in [-0.2, -0.15) is 0 Å². The molecule has 0 aliphatic rings. The lowest BCUT2D eigenvalue weighted by molar-refractivity contribution is 0.484. The van der Waals surface area contributed by atoms with Crippen LogP contribution < -0.4 is 5.32 Å². The van der Waals surface area contributed by atoms with Crippen LogP contribution in [0.2, 0.25) is 0 Å². The zero-order chi connectivity index (χ0) is 13.0. The first-order valence-electron chi connectivity index (χ1n) is 6.09. The summed E-state index contributed by atoms with van der Waals surface area (Å²) in [5, 5.41) is 3.41. The molecule has 0 aliphatic heterocycles. The van der Waals surface area contributed by atoms with Crippen molar-refractivity contribution in [2.45, 2.75) is 25.9 Å². The molecule has 3 heteroatoms. The van der Waals surface area contributed by atoms with E-state index in [0.29, 0.717) is 0 Å². The van der Waals surface area contributed by atoms with Crippen molar-refractivity contribution in [3.05, 3.63) is 65.7 Å². The van der Waals surface area contributed by atoms with Crippen molar-refractivity contribution >= 4 is 0 Å². The van der Waals surface area contributed by atoms with Crippen molar-refractivity contribution in [3.63, 3.8) is 0 Å². The number of rotatable bonds is 4. The number of nitrogens with one attached hydrogen (secondary N) is 1. The molecule has 18 heavy (non-hydrogen) atoms. The van der Waals surface area contributed by atoms with Gasteiger partial charge in [-0.1, -0.05) is 18.2 Å². The Morgan fingerprint density at radius 2 is 1.89 bits per heavy atom. The lowest BCUT2D eigenvalue weighted by Gasteiger charge is -2.20. The molecule has 2 aromatic rings. The van der Waals surface area contributed by atoms with Crippen LogP contribution in [0.3, 0.4) is 0 Å². The largest absolute Gasteiger partial charge is 0.302 e. The third-order valence-electron chi connectivity index (χ3n) is 2.98. The first-order chi connectivity index (χ1) is 8.66. The molecule has 0 saturated carbocycles. The molecule has 0 fully saturated rings. The van der Waals surface area contributed by atoms with Crippen LogP contribution in [0.5, 0.6) is 0 Å². The third kappa shape index (κ3) is 3.14. The van der Waals surface area contributed by atoms with Gasteiger partial charge in [0.25, 0.3) is 0 Å². The smallest absolute Gasteiger partial charge is 0.123 e. The maximum atomic E-state index is 13.1. The summed E-state index contributed by atoms with van der Waals surface area (Å²) in [7, 11) is 0. The van der Waals surface area contributed by atoms with Crippen LogP contribution in [-0.2, 0) is 0 Å². The fourth-order valence-electron chi connectivity index (χ4n) is 1.96. The van der Waals surface area contributed by atoms with E-state index in [1.165, 1.54) is 6.07 Å². The number of pyridine rings is 1. The van der Waals surface area contributed by atoms with E-state index >= 15 is 0 Å². The summed E-state index contributed by atoms with van der Waals surface area (Å²) in [6.45, 7) is 4.08. The predicted molar refractivity (Wildman–Crippen MR) is 70.6 cm³/mol. The summed E-state index contributed by atoms with van der Waals surface area (Å²) >= 11 is 0. The summed E-state index contributed by atoms with van der Waals surface area (Å²) in [5.74, 6) is -0.202. The lowest BCUT2D eigenvalue weighted by atomic mass is 10.1. The van der Waals surface area contributed by atoms with Gasteiger partial charge in [-0.15, -0.1) is 0 Å². The fourth-order valence-corrected chi connectivity index (χ4v) is 1.96. The highest BCUT2D eigenvalue weighted by molar-refractivity contribution is 5.20. The molecule has 2 nitrogen and oxygen atoms in total. The summed E-state index contributed by atoms with van der Waals surface area (Å²) in [6, 6.07) is 12.7. The van der Waals surface area contributed by atoms with Crippen LogP contribution in [0.25, 0.3) is 0 Å². The number of nitrogens with zero attached hydrogens (tertiary/aromatic N) is 1. The predicted octanol–water partition coefficient (Wildman–Crippen LogP) is 3.63. The van der Waals surface area contributed by atoms with Crippen LogP contribution in [0.15, 0.2) is 48.7 Å². The van der Waals surface area contributed by atoms with Crippen LogP contribution in [0, 0.1) is 5.82 Å². The van der Waals surface area contributed by atoms with E-state index in [-0.39, 0.29) is 17.9 Å². The average Bonchev–Trinajstić information content (AvgIpc) is 2.39. The fraction of sp³-hybridized carbons (Fsp3) is 0.267. The second-order valence-electron chi connectivity index (χ2n) is 4.42. The Morgan fingerprint density at radius 1 is 1.06 bits per heavy atom. The van der Waals surface area contributed by atoms with E-state index in [0.717, 1.165) is 11.3 Å². The zero-order valence-corrected chi connectivity index (χ0v) is 10.6. The Morgan fingerprint density at radius 3 is 2.56 bits per heavy atom. The number of hydrogen-bond acceptors (Lipinski definition) is 2. The summed E-state index contributed by atoms with van der Waals surface area (Å²) in [4.78, 5) is 4.31. The lowest BCUT2D eigenvalue weighted by Crippen LogP contribution is -2.23. The standard InChI is InChI=1S/C15H17FN2/c1-11(13-6-5-7-14(16)10-13)18-12(2)15-8-3-4-9-17-15/h3-12,18H,1-2H3. The van der Waals surface area contributed by atoms with Crippen molar-refractivity contribution in [2.24, 2.45) is 0 Å². The van der Waals surface area contributed by atoms with Crippen molar-refractivity contribution in [1.29, 1.82) is 0 Å². The Hall–Kier alpha value is -1.74. The topological polar surface area (TPSA) is 24.9 Å². The molecule has 0 saturated heterocycles. The monoisotopic (exact) mass is 244 g/mol. The number of hydrogen-bond donors (Lipinski definition) is 1. The Kier molecular flexibility index (Phi) is 4.05. The molecule has 94 valence electrons. The van der Waals surface area contributed by atoms with Gasteiger partial charge in [-0.3, -0.25) is 4.98 Å². The molecule has 0 spiro atoms. The molecule has 2 unspecified atom stereocenters. The molecule has 2 rings (SSSR count). The molecule has 1 aromatic carbocycles. The van der Waals surface area contributed by atoms with E-state index in [4.69, 9.17) is 0 Å². The van der Waals surface area contributed by atoms with Gasteiger partial charge in [-0.25, -0.2) is 4.39 Å². The Bertz CT molecular complexity index is 499. The van der Waals surface area contributed by atoms with Crippen molar-refractivity contribution in [1.82, 2.24) is 10.3 Å². The minimum absolute atomic E-state index is 0.0812. The molecule has 1 N–H and O–H groups in total. The molecule has 1 aromatic heterocycles. The van der Waals surface area contributed by atoms with Gasteiger partial charge in [0.05, 0.1) is 5.69 Å². The molecule has 2 atom stereocenters. The van der Waals surface area contributed by atoms with Gasteiger partial charge < -0.3 is 5.32 Å². The summed E-state index contributed by atoms with van der Waals surface area (Å²) in [5.41, 5.74) is 1.93. The van der Waals surface area contributed by atoms with Gasteiger partial charge in [-0.05, 0) is 43.7 Å². The van der Waals surface area contributed by atoms with Crippen LogP contribution in [-0.4, -0.2) is 4.98 Å². The second-order valence-corrected chi connectivity index (χ2v) is 4.42. The van der Waals surface area contributed by atoms with Gasteiger partial charge in [0.15, 0.2) is 0 Å². The van der Waals surface area contributed by atoms with E-state index in [1.54, 1.807) is 18.3 Å². The Labute approximate surface area is 107 Å². The summed E-state index contributed by atoms with van der Waals surface area (Å²) in [6.07, 6.45) is 1.78. The van der Waals surface area contributed by atoms with Crippen molar-refractivity contribution < 1.29 is 4.39 Å². The SMILES string of the molecule is CC(NC(C)c1ccccn1)c1cccc(F)c1. The minimum atomic E-state index is -0.202. The van der Waals surface area contributed by atoms with E-state index in [1.807, 2.05) is 31.2 Å². The van der Waals surface area contributed by atoms with Gasteiger partial charge in [0, 0.05) is 18.3 Å². The molecule has 1 heterocycles. The first-order valence-corrected chi connectivity index (χ1v) is 6.09. The Balaban J connectivity index is 2.05. The minimum Gasteiger partial charge on any atom is -0.302 e. The highest BCUT2D eigenvalue weighted by Gasteiger charge is 2.12. The van der Waals surface area contributed by atoms with Crippen LogP contribution >= 0.6 is 0 Å². The number of aromatic nitrogens is 1. The molecule has 0 amide bonds. The van der Waals surface area contributed by atoms with Crippen molar-refractivity contribution in [3.8, 4) is 0 Å². The number of halogens is 1. The van der Waals surface area contributed by atoms with Gasteiger partial charge in [0.1, 0.15) is 5.82 Å². The molecule has 0 aliphatic carbocycles. The maximum Gasteiger partial charge on any atom is 0.123 e. The van der Waals surface area contributed by atoms with Crippen molar-refractivity contribution in [2.75, 3.05) is 0 Å². The van der Waals surface area contributed by atoms with Gasteiger partial charge >= 0.3 is 0 Å². The van der Waals surface area contributed by atoms with Gasteiger partial charge in [0.2, 0.25) is 0 Å². The molecule has 0 bridgehead atoms. The van der Waals surface area contributed by atoms with E-state index < -0.39 is 0 Å². The second kappa shape index (κ2) is 5.74. The normalized spacial score (nSPS) is 14.2. The van der Waals surface area contributed by atoms with E-state index in [2.05, 4.69) is 17.2 Å². The van der Waals surface area contributed by atoms with Crippen LogP contribution in [0.1, 0.15) is 37.2 Å². The maximum absolute atomic E-state index is 13.1. The molecule has 0 radical (unpaired) electrons. The first kappa shape index (κ1) is 12.7. The van der Waals surface area contributed by atoms with Crippen LogP contribution in [0.4, 0.5) is 4.39 Å². The molecular weight excluding hydrogens is 227 g/mol. The highest BCUT2D eigenvalue weighted by Crippen LogP contribution is 2.18. The highest BCUT2D eigenvalue weighted by atomic mass is 19.1. The molecular formula is C15H17FN2.